The van der Waals surface area contributed by atoms with Crippen LogP contribution in [0.15, 0.2) is 35.2 Å². The largest absolute Gasteiger partial charge is 0.356 e. The van der Waals surface area contributed by atoms with E-state index in [1.807, 2.05) is 26.0 Å². The van der Waals surface area contributed by atoms with Crippen molar-refractivity contribution in [3.05, 3.63) is 41.7 Å². The summed E-state index contributed by atoms with van der Waals surface area (Å²) in [6.07, 6.45) is 3.69. The molecule has 2 aromatic rings. The predicted octanol–water partition coefficient (Wildman–Crippen LogP) is 2.59. The molecule has 0 radical (unpaired) electrons. The highest BCUT2D eigenvalue weighted by Crippen LogP contribution is 2.24. The highest BCUT2D eigenvalue weighted by Gasteiger charge is 2.29. The summed E-state index contributed by atoms with van der Waals surface area (Å²) in [6, 6.07) is 9.12. The summed E-state index contributed by atoms with van der Waals surface area (Å²) >= 11 is 0. The Morgan fingerprint density at radius 2 is 1.31 bits per heavy atom. The molecule has 0 N–H and O–H groups in total. The molecule has 0 spiro atoms. The van der Waals surface area contributed by atoms with Crippen molar-refractivity contribution < 1.29 is 8.42 Å². The topological polar surface area (TPSA) is 69.6 Å². The minimum Gasteiger partial charge on any atom is -0.356 e. The lowest BCUT2D eigenvalue weighted by molar-refractivity contribution is 0.383. The van der Waals surface area contributed by atoms with Crippen LogP contribution in [0.25, 0.3) is 0 Å². The SMILES string of the molecule is Cc1ccc(S(=O)(=O)N2CCN(c3cc(N4CCCCC4)nc(C)n3)CC2)cc1. The van der Waals surface area contributed by atoms with Crippen LogP contribution in [0.2, 0.25) is 0 Å². The molecule has 8 heteroatoms. The molecule has 1 aromatic carbocycles. The quantitative estimate of drug-likeness (QED) is 0.765. The fraction of sp³-hybridized carbons (Fsp3) is 0.524. The maximum atomic E-state index is 12.9. The third kappa shape index (κ3) is 4.38. The summed E-state index contributed by atoms with van der Waals surface area (Å²) in [4.78, 5) is 14.1. The number of anilines is 2. The molecule has 0 unspecified atom stereocenters. The summed E-state index contributed by atoms with van der Waals surface area (Å²) in [5, 5.41) is 0. The number of nitrogens with zero attached hydrogens (tertiary/aromatic N) is 5. The van der Waals surface area contributed by atoms with Gasteiger partial charge < -0.3 is 9.80 Å². The van der Waals surface area contributed by atoms with Crippen LogP contribution in [-0.2, 0) is 10.0 Å². The third-order valence-electron chi connectivity index (χ3n) is 5.71. The molecule has 2 fully saturated rings. The zero-order chi connectivity index (χ0) is 20.4. The van der Waals surface area contributed by atoms with Crippen LogP contribution in [0.4, 0.5) is 11.6 Å². The van der Waals surface area contributed by atoms with E-state index in [0.29, 0.717) is 31.1 Å². The lowest BCUT2D eigenvalue weighted by atomic mass is 10.1. The van der Waals surface area contributed by atoms with Gasteiger partial charge in [-0.3, -0.25) is 0 Å². The number of benzene rings is 1. The fourth-order valence-corrected chi connectivity index (χ4v) is 5.42. The number of aromatic nitrogens is 2. The fourth-order valence-electron chi connectivity index (χ4n) is 4.00. The van der Waals surface area contributed by atoms with Crippen LogP contribution < -0.4 is 9.80 Å². The van der Waals surface area contributed by atoms with Gasteiger partial charge in [-0.25, -0.2) is 18.4 Å². The highest BCUT2D eigenvalue weighted by atomic mass is 32.2. The van der Waals surface area contributed by atoms with Gasteiger partial charge in [-0.2, -0.15) is 4.31 Å². The zero-order valence-electron chi connectivity index (χ0n) is 17.2. The average molecular weight is 416 g/mol. The van der Waals surface area contributed by atoms with Gasteiger partial charge in [-0.1, -0.05) is 17.7 Å². The van der Waals surface area contributed by atoms with E-state index >= 15 is 0 Å². The van der Waals surface area contributed by atoms with Gasteiger partial charge in [0.2, 0.25) is 10.0 Å². The van der Waals surface area contributed by atoms with Gasteiger partial charge >= 0.3 is 0 Å². The van der Waals surface area contributed by atoms with Crippen LogP contribution in [-0.4, -0.2) is 62.0 Å². The number of hydrogen-bond acceptors (Lipinski definition) is 6. The van der Waals surface area contributed by atoms with Gasteiger partial charge in [0.15, 0.2) is 0 Å². The summed E-state index contributed by atoms with van der Waals surface area (Å²) in [6.45, 7) is 8.13. The zero-order valence-corrected chi connectivity index (χ0v) is 18.0. The number of piperazine rings is 1. The maximum absolute atomic E-state index is 12.9. The lowest BCUT2D eigenvalue weighted by Gasteiger charge is -2.35. The normalized spacial score (nSPS) is 18.8. The molecule has 0 amide bonds. The number of rotatable bonds is 4. The van der Waals surface area contributed by atoms with Crippen LogP contribution in [0.5, 0.6) is 0 Å². The minimum atomic E-state index is -3.45. The molecule has 156 valence electrons. The van der Waals surface area contributed by atoms with E-state index in [0.717, 1.165) is 36.1 Å². The van der Waals surface area contributed by atoms with Gasteiger partial charge in [0.05, 0.1) is 4.90 Å². The minimum absolute atomic E-state index is 0.363. The Hall–Kier alpha value is -2.19. The molecular weight excluding hydrogens is 386 g/mol. The van der Waals surface area contributed by atoms with Crippen molar-refractivity contribution in [1.29, 1.82) is 0 Å². The Kier molecular flexibility index (Phi) is 5.74. The van der Waals surface area contributed by atoms with Crippen molar-refractivity contribution >= 4 is 21.7 Å². The molecule has 7 nitrogen and oxygen atoms in total. The van der Waals surface area contributed by atoms with Crippen molar-refractivity contribution in [1.82, 2.24) is 14.3 Å². The highest BCUT2D eigenvalue weighted by molar-refractivity contribution is 7.89. The van der Waals surface area contributed by atoms with E-state index in [-0.39, 0.29) is 0 Å². The molecule has 4 rings (SSSR count). The Morgan fingerprint density at radius 1 is 0.759 bits per heavy atom. The maximum Gasteiger partial charge on any atom is 0.243 e. The molecule has 0 bridgehead atoms. The van der Waals surface area contributed by atoms with Gasteiger partial charge in [0.25, 0.3) is 0 Å². The first-order valence-electron chi connectivity index (χ1n) is 10.4. The Balaban J connectivity index is 1.47. The van der Waals surface area contributed by atoms with Crippen LogP contribution >= 0.6 is 0 Å². The Bertz CT molecular complexity index is 948. The summed E-state index contributed by atoms with van der Waals surface area (Å²) < 4.78 is 27.4. The van der Waals surface area contributed by atoms with Crippen molar-refractivity contribution in [2.75, 3.05) is 49.1 Å². The van der Waals surface area contributed by atoms with Gasteiger partial charge in [-0.15, -0.1) is 0 Å². The number of aryl methyl sites for hydroxylation is 2. The first kappa shape index (κ1) is 20.1. The molecule has 0 aliphatic carbocycles. The first-order chi connectivity index (χ1) is 13.9. The molecule has 29 heavy (non-hydrogen) atoms. The van der Waals surface area contributed by atoms with Crippen LogP contribution in [0.3, 0.4) is 0 Å². The summed E-state index contributed by atoms with van der Waals surface area (Å²) in [7, 11) is -3.45. The van der Waals surface area contributed by atoms with E-state index in [1.165, 1.54) is 19.3 Å². The van der Waals surface area contributed by atoms with Crippen molar-refractivity contribution in [3.63, 3.8) is 0 Å². The van der Waals surface area contributed by atoms with Gasteiger partial charge in [0, 0.05) is 45.3 Å². The summed E-state index contributed by atoms with van der Waals surface area (Å²) in [5.41, 5.74) is 1.05. The molecule has 1 aromatic heterocycles. The lowest BCUT2D eigenvalue weighted by Crippen LogP contribution is -2.49. The van der Waals surface area contributed by atoms with Gasteiger partial charge in [0.1, 0.15) is 17.5 Å². The molecule has 2 saturated heterocycles. The summed E-state index contributed by atoms with van der Waals surface area (Å²) in [5.74, 6) is 2.64. The molecular formula is C21H29N5O2S. The predicted molar refractivity (Wildman–Crippen MR) is 115 cm³/mol. The Morgan fingerprint density at radius 3 is 1.90 bits per heavy atom. The molecule has 2 aliphatic rings. The van der Waals surface area contributed by atoms with E-state index < -0.39 is 10.0 Å². The van der Waals surface area contributed by atoms with Crippen molar-refractivity contribution in [3.8, 4) is 0 Å². The van der Waals surface area contributed by atoms with E-state index in [9.17, 15) is 8.42 Å². The van der Waals surface area contributed by atoms with Crippen molar-refractivity contribution in [2.45, 2.75) is 38.0 Å². The standard InChI is InChI=1S/C21H29N5O2S/c1-17-6-8-19(9-7-17)29(27,28)26-14-12-25(13-15-26)21-16-20(22-18(2)23-21)24-10-4-3-5-11-24/h6-9,16H,3-5,10-15H2,1-2H3. The average Bonchev–Trinajstić information content (AvgIpc) is 2.74. The number of piperidine rings is 1. The monoisotopic (exact) mass is 415 g/mol. The molecule has 3 heterocycles. The molecule has 0 saturated carbocycles. The second-order valence-electron chi connectivity index (χ2n) is 7.88. The van der Waals surface area contributed by atoms with Crippen molar-refractivity contribution in [2.24, 2.45) is 0 Å². The van der Waals surface area contributed by atoms with Gasteiger partial charge in [-0.05, 0) is 45.2 Å². The smallest absolute Gasteiger partial charge is 0.243 e. The number of hydrogen-bond donors (Lipinski definition) is 0. The van der Waals surface area contributed by atoms with E-state index in [4.69, 9.17) is 0 Å². The molecule has 2 aliphatic heterocycles. The second-order valence-corrected chi connectivity index (χ2v) is 9.82. The van der Waals surface area contributed by atoms with Crippen LogP contribution in [0.1, 0.15) is 30.7 Å². The third-order valence-corrected chi connectivity index (χ3v) is 7.63. The number of sulfonamides is 1. The second kappa shape index (κ2) is 8.28. The van der Waals surface area contributed by atoms with Crippen LogP contribution in [0, 0.1) is 13.8 Å². The van der Waals surface area contributed by atoms with E-state index in [2.05, 4.69) is 25.8 Å². The first-order valence-corrected chi connectivity index (χ1v) is 11.8. The Labute approximate surface area is 173 Å². The van der Waals surface area contributed by atoms with E-state index in [1.54, 1.807) is 16.4 Å². The molecule has 0 atom stereocenters.